The monoisotopic (exact) mass is 430 g/mol. The molecule has 1 aliphatic rings. The Bertz CT molecular complexity index is 567. The molecular weight excluding hydrogens is 411 g/mol. The van der Waals surface area contributed by atoms with Crippen molar-refractivity contribution in [1.29, 1.82) is 0 Å². The summed E-state index contributed by atoms with van der Waals surface area (Å²) in [5.41, 5.74) is 0. The maximum atomic E-state index is 11.5. The maximum absolute atomic E-state index is 11.5. The van der Waals surface area contributed by atoms with Crippen LogP contribution in [0.3, 0.4) is 0 Å². The third-order valence-corrected chi connectivity index (χ3v) is 3.65. The highest BCUT2D eigenvalue weighted by atomic mass is 35.5. The second-order valence-electron chi connectivity index (χ2n) is 5.43. The molecule has 0 aromatic carbocycles. The lowest BCUT2D eigenvalue weighted by atomic mass is 9.98. The van der Waals surface area contributed by atoms with Gasteiger partial charge in [-0.15, -0.1) is 0 Å². The van der Waals surface area contributed by atoms with E-state index in [0.29, 0.717) is 0 Å². The summed E-state index contributed by atoms with van der Waals surface area (Å²) in [6.07, 6.45) is -6.09. The number of carbonyl (C=O) groups is 4. The van der Waals surface area contributed by atoms with Gasteiger partial charge < -0.3 is 28.4 Å². The lowest BCUT2D eigenvalue weighted by Gasteiger charge is -2.43. The topological polar surface area (TPSA) is 124 Å². The van der Waals surface area contributed by atoms with Crippen LogP contribution in [-0.4, -0.2) is 73.1 Å². The number of hydrogen-bond acceptors (Lipinski definition) is 10. The van der Waals surface area contributed by atoms with Crippen LogP contribution in [0.2, 0.25) is 0 Å². The largest absolute Gasteiger partial charge is 0.461 e. The van der Waals surface area contributed by atoms with Gasteiger partial charge in [-0.1, -0.05) is 23.2 Å². The van der Waals surface area contributed by atoms with Crippen LogP contribution >= 0.6 is 23.2 Å². The van der Waals surface area contributed by atoms with Crippen molar-refractivity contribution in [2.45, 2.75) is 56.3 Å². The van der Waals surface area contributed by atoms with Crippen molar-refractivity contribution in [3.63, 3.8) is 0 Å². The quantitative estimate of drug-likeness (QED) is 0.320. The summed E-state index contributed by atoms with van der Waals surface area (Å²) in [5.74, 6) is -3.13. The summed E-state index contributed by atoms with van der Waals surface area (Å²) in [4.78, 5) is 44.5. The molecule has 0 bridgehead atoms. The lowest BCUT2D eigenvalue weighted by Crippen LogP contribution is -2.62. The van der Waals surface area contributed by atoms with Crippen molar-refractivity contribution in [3.8, 4) is 0 Å². The summed E-state index contributed by atoms with van der Waals surface area (Å²) in [6.45, 7) is 2.92. The Labute approximate surface area is 165 Å². The Kier molecular flexibility index (Phi) is 9.23. The zero-order valence-corrected chi connectivity index (χ0v) is 16.5. The van der Waals surface area contributed by atoms with Crippen molar-refractivity contribution < 1.29 is 47.6 Å². The molecule has 10 nitrogen and oxygen atoms in total. The molecule has 0 spiro atoms. The first kappa shape index (κ1) is 23.4. The van der Waals surface area contributed by atoms with Gasteiger partial charge in [-0.25, -0.2) is 4.79 Å². The lowest BCUT2D eigenvalue weighted by molar-refractivity contribution is -0.302. The smallest absolute Gasteiger partial charge is 0.339 e. The van der Waals surface area contributed by atoms with Gasteiger partial charge in [-0.05, 0) is 0 Å². The minimum atomic E-state index is -1.43. The number of hydrogen-bond donors (Lipinski definition) is 0. The fraction of sp³-hybridized carbons (Fsp3) is 0.733. The van der Waals surface area contributed by atoms with Crippen LogP contribution in [0.4, 0.5) is 0 Å². The first-order valence-corrected chi connectivity index (χ1v) is 8.58. The van der Waals surface area contributed by atoms with Crippen molar-refractivity contribution in [2.75, 3.05) is 13.7 Å². The van der Waals surface area contributed by atoms with E-state index in [1.807, 2.05) is 0 Å². The molecule has 0 amide bonds. The second kappa shape index (κ2) is 10.6. The van der Waals surface area contributed by atoms with E-state index in [1.165, 1.54) is 7.11 Å². The van der Waals surface area contributed by atoms with Gasteiger partial charge in [0.05, 0.1) is 0 Å². The maximum Gasteiger partial charge on any atom is 0.339 e. The molecule has 0 unspecified atom stereocenters. The van der Waals surface area contributed by atoms with Crippen LogP contribution in [-0.2, 0) is 47.6 Å². The molecule has 1 fully saturated rings. The first-order chi connectivity index (χ1) is 12.6. The molecule has 1 saturated heterocycles. The molecule has 1 rings (SSSR count). The fourth-order valence-electron chi connectivity index (χ4n) is 2.41. The minimum Gasteiger partial charge on any atom is -0.461 e. The van der Waals surface area contributed by atoms with Gasteiger partial charge in [0.15, 0.2) is 24.6 Å². The van der Waals surface area contributed by atoms with E-state index in [-0.39, 0.29) is 0 Å². The van der Waals surface area contributed by atoms with E-state index in [1.54, 1.807) is 0 Å². The third kappa shape index (κ3) is 7.13. The average Bonchev–Trinajstić information content (AvgIpc) is 2.55. The second-order valence-corrected chi connectivity index (χ2v) is 6.53. The molecule has 0 saturated carbocycles. The highest BCUT2D eigenvalue weighted by Gasteiger charge is 2.52. The van der Waals surface area contributed by atoms with Gasteiger partial charge in [0.1, 0.15) is 12.7 Å². The highest BCUT2D eigenvalue weighted by Crippen LogP contribution is 2.29. The zero-order chi connectivity index (χ0) is 20.7. The van der Waals surface area contributed by atoms with Crippen molar-refractivity contribution in [3.05, 3.63) is 0 Å². The number of rotatable bonds is 7. The van der Waals surface area contributed by atoms with Gasteiger partial charge in [0.25, 0.3) is 0 Å². The number of ether oxygens (including phenoxy) is 6. The molecular formula is C15H20Cl2O10. The Morgan fingerprint density at radius 1 is 0.889 bits per heavy atom. The minimum absolute atomic E-state index is 0.447. The van der Waals surface area contributed by atoms with Gasteiger partial charge in [0, 0.05) is 27.9 Å². The molecule has 0 N–H and O–H groups in total. The summed E-state index contributed by atoms with van der Waals surface area (Å²) in [6, 6.07) is 0. The molecule has 154 valence electrons. The van der Waals surface area contributed by atoms with Crippen molar-refractivity contribution in [1.82, 2.24) is 0 Å². The summed E-state index contributed by atoms with van der Waals surface area (Å²) < 4.78 is 31.1. The SMILES string of the molecule is CO[C@H]1O[C@H](COC(=O)C(Cl)Cl)[C@@H](OC(C)=O)[C@H](OC(C)=O)[C@H]1OC(C)=O. The molecule has 1 aliphatic heterocycles. The van der Waals surface area contributed by atoms with Crippen LogP contribution in [0.25, 0.3) is 0 Å². The number of halogens is 2. The van der Waals surface area contributed by atoms with Gasteiger partial charge >= 0.3 is 23.9 Å². The normalized spacial score (nSPS) is 27.6. The summed E-state index contributed by atoms with van der Waals surface area (Å²) in [7, 11) is 1.26. The molecule has 0 aromatic heterocycles. The van der Waals surface area contributed by atoms with E-state index >= 15 is 0 Å². The van der Waals surface area contributed by atoms with Crippen molar-refractivity contribution >= 4 is 47.1 Å². The van der Waals surface area contributed by atoms with Crippen LogP contribution in [0, 0.1) is 0 Å². The van der Waals surface area contributed by atoms with E-state index in [0.717, 1.165) is 20.8 Å². The molecule has 27 heavy (non-hydrogen) atoms. The molecule has 1 heterocycles. The highest BCUT2D eigenvalue weighted by molar-refractivity contribution is 6.52. The summed E-state index contributed by atoms with van der Waals surface area (Å²) in [5, 5.41) is 0. The predicted octanol–water partition coefficient (Wildman–Crippen LogP) is 0.500. The number of esters is 4. The van der Waals surface area contributed by atoms with Gasteiger partial charge in [-0.2, -0.15) is 0 Å². The van der Waals surface area contributed by atoms with E-state index in [2.05, 4.69) is 0 Å². The molecule has 0 radical (unpaired) electrons. The third-order valence-electron chi connectivity index (χ3n) is 3.30. The van der Waals surface area contributed by atoms with Crippen LogP contribution in [0.15, 0.2) is 0 Å². The van der Waals surface area contributed by atoms with Crippen LogP contribution in [0.5, 0.6) is 0 Å². The Hall–Kier alpha value is -1.62. The predicted molar refractivity (Wildman–Crippen MR) is 88.8 cm³/mol. The first-order valence-electron chi connectivity index (χ1n) is 7.71. The van der Waals surface area contributed by atoms with E-state index < -0.39 is 66.0 Å². The van der Waals surface area contributed by atoms with E-state index in [9.17, 15) is 19.2 Å². The Balaban J connectivity index is 3.16. The molecule has 0 aromatic rings. The van der Waals surface area contributed by atoms with Crippen molar-refractivity contribution in [2.24, 2.45) is 0 Å². The number of carbonyl (C=O) groups excluding carboxylic acids is 4. The van der Waals surface area contributed by atoms with Gasteiger partial charge in [0.2, 0.25) is 4.84 Å². The van der Waals surface area contributed by atoms with E-state index in [4.69, 9.17) is 51.6 Å². The van der Waals surface area contributed by atoms with Crippen LogP contribution < -0.4 is 0 Å². The number of alkyl halides is 2. The number of methoxy groups -OCH3 is 1. The molecule has 5 atom stereocenters. The molecule has 12 heteroatoms. The zero-order valence-electron chi connectivity index (χ0n) is 15.0. The molecule has 0 aliphatic carbocycles. The standard InChI is InChI=1S/C15H20Cl2O10/c1-6(18)24-10-9(5-23-14(21)13(16)17)27-15(22-4)12(26-8(3)20)11(10)25-7(2)19/h9-13,15H,5H2,1-4H3/t9-,10-,11+,12-,15+/m1/s1. The summed E-state index contributed by atoms with van der Waals surface area (Å²) >= 11 is 10.8. The van der Waals surface area contributed by atoms with Crippen LogP contribution in [0.1, 0.15) is 20.8 Å². The Morgan fingerprint density at radius 2 is 1.37 bits per heavy atom. The average molecular weight is 431 g/mol. The Morgan fingerprint density at radius 3 is 1.81 bits per heavy atom. The fourth-order valence-corrected chi connectivity index (χ4v) is 2.53. The van der Waals surface area contributed by atoms with Gasteiger partial charge in [-0.3, -0.25) is 14.4 Å².